The molecule has 0 saturated carbocycles. The number of ketones is 1. The summed E-state index contributed by atoms with van der Waals surface area (Å²) in [6.45, 7) is 4.80. The second kappa shape index (κ2) is 7.48. The van der Waals surface area contributed by atoms with E-state index in [0.717, 1.165) is 18.8 Å². The van der Waals surface area contributed by atoms with Crippen LogP contribution in [0, 0.1) is 0 Å². The van der Waals surface area contributed by atoms with Crippen molar-refractivity contribution in [1.82, 2.24) is 15.2 Å². The molecule has 2 heterocycles. The quantitative estimate of drug-likeness (QED) is 0.831. The third-order valence-electron chi connectivity index (χ3n) is 4.30. The number of amides is 1. The lowest BCUT2D eigenvalue weighted by atomic mass is 10.1. The predicted octanol–water partition coefficient (Wildman–Crippen LogP) is 1.56. The molecule has 1 aromatic heterocycles. The fourth-order valence-electron chi connectivity index (χ4n) is 2.88. The van der Waals surface area contributed by atoms with Gasteiger partial charge in [-0.1, -0.05) is 0 Å². The van der Waals surface area contributed by atoms with Crippen molar-refractivity contribution in [2.75, 3.05) is 38.1 Å². The van der Waals surface area contributed by atoms with Gasteiger partial charge in [0, 0.05) is 37.4 Å². The Hall–Kier alpha value is -2.67. The van der Waals surface area contributed by atoms with Gasteiger partial charge in [-0.15, -0.1) is 0 Å². The van der Waals surface area contributed by atoms with E-state index in [9.17, 15) is 9.59 Å². The van der Waals surface area contributed by atoms with Crippen molar-refractivity contribution in [3.63, 3.8) is 0 Å². The van der Waals surface area contributed by atoms with Crippen LogP contribution in [0.15, 0.2) is 34.9 Å². The number of rotatable bonds is 5. The molecule has 0 radical (unpaired) electrons. The molecule has 1 saturated heterocycles. The van der Waals surface area contributed by atoms with Crippen LogP contribution in [0.5, 0.6) is 0 Å². The van der Waals surface area contributed by atoms with Crippen molar-refractivity contribution in [2.45, 2.75) is 13.5 Å². The Morgan fingerprint density at radius 3 is 2.44 bits per heavy atom. The van der Waals surface area contributed by atoms with Crippen LogP contribution in [0.1, 0.15) is 33.7 Å². The average Bonchev–Trinajstić information content (AvgIpc) is 3.10. The number of aromatic nitrogens is 1. The summed E-state index contributed by atoms with van der Waals surface area (Å²) in [6.07, 6.45) is 1.42. The molecule has 0 bridgehead atoms. The number of nitrogens with one attached hydrogen (secondary N) is 1. The van der Waals surface area contributed by atoms with Crippen LogP contribution in [0.2, 0.25) is 0 Å². The van der Waals surface area contributed by atoms with Crippen LogP contribution in [-0.2, 0) is 6.54 Å². The molecule has 0 aliphatic carbocycles. The number of nitrogens with zero attached hydrogens (tertiary/aromatic N) is 3. The molecule has 132 valence electrons. The Morgan fingerprint density at radius 2 is 1.84 bits per heavy atom. The molecule has 3 rings (SSSR count). The minimum atomic E-state index is -0.0994. The van der Waals surface area contributed by atoms with E-state index < -0.39 is 0 Å². The van der Waals surface area contributed by atoms with Crippen LogP contribution in [0.4, 0.5) is 5.69 Å². The number of piperazine rings is 1. The lowest BCUT2D eigenvalue weighted by molar-refractivity contribution is 0.0740. The van der Waals surface area contributed by atoms with Gasteiger partial charge in [0.2, 0.25) is 5.89 Å². The summed E-state index contributed by atoms with van der Waals surface area (Å²) < 4.78 is 5.28. The van der Waals surface area contributed by atoms with E-state index in [1.54, 1.807) is 18.9 Å². The van der Waals surface area contributed by atoms with Gasteiger partial charge in [0.25, 0.3) is 5.91 Å². The van der Waals surface area contributed by atoms with Crippen LogP contribution >= 0.6 is 0 Å². The molecule has 1 aliphatic rings. The molecule has 1 aromatic carbocycles. The van der Waals surface area contributed by atoms with E-state index in [4.69, 9.17) is 4.42 Å². The maximum atomic E-state index is 12.5. The zero-order valence-corrected chi connectivity index (χ0v) is 14.5. The maximum Gasteiger partial charge on any atom is 0.275 e. The Labute approximate surface area is 146 Å². The van der Waals surface area contributed by atoms with Crippen molar-refractivity contribution in [2.24, 2.45) is 0 Å². The predicted molar refractivity (Wildman–Crippen MR) is 93.8 cm³/mol. The Bertz CT molecular complexity index is 746. The highest BCUT2D eigenvalue weighted by Crippen LogP contribution is 2.18. The number of anilines is 1. The molecular weight excluding hydrogens is 320 g/mol. The first-order valence-corrected chi connectivity index (χ1v) is 8.32. The number of carbonyl (C=O) groups is 2. The van der Waals surface area contributed by atoms with Gasteiger partial charge in [-0.05, 0) is 38.2 Å². The number of hydrogen-bond donors (Lipinski definition) is 1. The monoisotopic (exact) mass is 342 g/mol. The molecule has 7 nitrogen and oxygen atoms in total. The number of oxazole rings is 1. The Balaban J connectivity index is 1.59. The first kappa shape index (κ1) is 17.2. The maximum absolute atomic E-state index is 12.5. The normalized spacial score (nSPS) is 14.6. The molecule has 7 heteroatoms. The molecule has 25 heavy (non-hydrogen) atoms. The van der Waals surface area contributed by atoms with E-state index in [1.807, 2.05) is 24.3 Å². The van der Waals surface area contributed by atoms with E-state index in [2.05, 4.69) is 15.2 Å². The SMILES string of the molecule is CNCc1nc(C(=O)N2CCN(c3ccc(C(C)=O)cc3)CC2)co1. The molecule has 1 aliphatic heterocycles. The van der Waals surface area contributed by atoms with Crippen LogP contribution in [0.25, 0.3) is 0 Å². The standard InChI is InChI=1S/C18H22N4O3/c1-13(23)14-3-5-15(6-4-14)21-7-9-22(10-8-21)18(24)16-12-25-17(20-16)11-19-2/h3-6,12,19H,7-11H2,1-2H3. The lowest BCUT2D eigenvalue weighted by Gasteiger charge is -2.35. The summed E-state index contributed by atoms with van der Waals surface area (Å²) >= 11 is 0. The fraction of sp³-hybridized carbons (Fsp3) is 0.389. The average molecular weight is 342 g/mol. The highest BCUT2D eigenvalue weighted by Gasteiger charge is 2.24. The molecular formula is C18H22N4O3. The molecule has 1 amide bonds. The second-order valence-corrected chi connectivity index (χ2v) is 6.04. The summed E-state index contributed by atoms with van der Waals surface area (Å²) in [4.78, 5) is 32.1. The van der Waals surface area contributed by atoms with Gasteiger partial charge in [0.1, 0.15) is 6.26 Å². The highest BCUT2D eigenvalue weighted by atomic mass is 16.3. The number of benzene rings is 1. The van der Waals surface area contributed by atoms with E-state index >= 15 is 0 Å². The number of hydrogen-bond acceptors (Lipinski definition) is 6. The van der Waals surface area contributed by atoms with Crippen LogP contribution in [0.3, 0.4) is 0 Å². The highest BCUT2D eigenvalue weighted by molar-refractivity contribution is 5.94. The number of carbonyl (C=O) groups excluding carboxylic acids is 2. The van der Waals surface area contributed by atoms with Crippen LogP contribution < -0.4 is 10.2 Å². The molecule has 0 unspecified atom stereocenters. The van der Waals surface area contributed by atoms with Crippen molar-refractivity contribution in [3.05, 3.63) is 47.7 Å². The van der Waals surface area contributed by atoms with E-state index in [-0.39, 0.29) is 11.7 Å². The van der Waals surface area contributed by atoms with Gasteiger partial charge in [-0.2, -0.15) is 0 Å². The minimum absolute atomic E-state index is 0.0622. The molecule has 2 aromatic rings. The van der Waals surface area contributed by atoms with Gasteiger partial charge in [-0.3, -0.25) is 9.59 Å². The molecule has 1 N–H and O–H groups in total. The third kappa shape index (κ3) is 3.88. The van der Waals surface area contributed by atoms with Crippen molar-refractivity contribution in [3.8, 4) is 0 Å². The second-order valence-electron chi connectivity index (χ2n) is 6.04. The van der Waals surface area contributed by atoms with E-state index in [1.165, 1.54) is 6.26 Å². The first-order valence-electron chi connectivity index (χ1n) is 8.32. The van der Waals surface area contributed by atoms with Crippen molar-refractivity contribution >= 4 is 17.4 Å². The summed E-state index contributed by atoms with van der Waals surface area (Å²) in [6, 6.07) is 7.59. The van der Waals surface area contributed by atoms with Gasteiger partial charge in [-0.25, -0.2) is 4.98 Å². The van der Waals surface area contributed by atoms with E-state index in [0.29, 0.717) is 36.8 Å². The van der Waals surface area contributed by atoms with Crippen molar-refractivity contribution < 1.29 is 14.0 Å². The van der Waals surface area contributed by atoms with Gasteiger partial charge < -0.3 is 19.5 Å². The fourth-order valence-corrected chi connectivity index (χ4v) is 2.88. The topological polar surface area (TPSA) is 78.7 Å². The van der Waals surface area contributed by atoms with Crippen molar-refractivity contribution in [1.29, 1.82) is 0 Å². The summed E-state index contributed by atoms with van der Waals surface area (Å²) in [5.41, 5.74) is 2.13. The van der Waals surface area contributed by atoms with Gasteiger partial charge in [0.15, 0.2) is 11.5 Å². The lowest BCUT2D eigenvalue weighted by Crippen LogP contribution is -2.48. The minimum Gasteiger partial charge on any atom is -0.447 e. The Morgan fingerprint density at radius 1 is 1.16 bits per heavy atom. The first-order chi connectivity index (χ1) is 12.1. The van der Waals surface area contributed by atoms with Gasteiger partial charge in [0.05, 0.1) is 6.54 Å². The zero-order chi connectivity index (χ0) is 17.8. The largest absolute Gasteiger partial charge is 0.447 e. The smallest absolute Gasteiger partial charge is 0.275 e. The summed E-state index contributed by atoms with van der Waals surface area (Å²) in [5, 5.41) is 2.94. The molecule has 1 fully saturated rings. The number of Topliss-reactive ketones (excluding diaryl/α,β-unsaturated/α-hetero) is 1. The summed E-state index contributed by atoms with van der Waals surface area (Å²) in [5.74, 6) is 0.472. The molecule has 0 spiro atoms. The third-order valence-corrected chi connectivity index (χ3v) is 4.30. The Kier molecular flexibility index (Phi) is 5.14. The summed E-state index contributed by atoms with van der Waals surface area (Å²) in [7, 11) is 1.80. The van der Waals surface area contributed by atoms with Crippen LogP contribution in [-0.4, -0.2) is 54.8 Å². The molecule has 0 atom stereocenters. The zero-order valence-electron chi connectivity index (χ0n) is 14.5. The van der Waals surface area contributed by atoms with Gasteiger partial charge >= 0.3 is 0 Å².